The van der Waals surface area contributed by atoms with Crippen molar-refractivity contribution in [2.24, 2.45) is 0 Å². The molecule has 1 aromatic carbocycles. The van der Waals surface area contributed by atoms with Crippen molar-refractivity contribution in [3.05, 3.63) is 35.4 Å². The molecule has 0 unspecified atom stereocenters. The van der Waals surface area contributed by atoms with E-state index in [0.29, 0.717) is 19.5 Å². The molecule has 5 heteroatoms. The molecule has 132 valence electrons. The number of benzene rings is 1. The van der Waals surface area contributed by atoms with Gasteiger partial charge in [0.15, 0.2) is 0 Å². The molecule has 2 amide bonds. The molecule has 0 aliphatic carbocycles. The van der Waals surface area contributed by atoms with Crippen LogP contribution in [0.5, 0.6) is 0 Å². The Morgan fingerprint density at radius 3 is 2.21 bits per heavy atom. The minimum absolute atomic E-state index is 0.0441. The van der Waals surface area contributed by atoms with E-state index in [2.05, 4.69) is 39.8 Å². The monoisotopic (exact) mass is 331 g/mol. The van der Waals surface area contributed by atoms with Gasteiger partial charge < -0.3 is 10.6 Å². The minimum atomic E-state index is -0.109. The van der Waals surface area contributed by atoms with Gasteiger partial charge in [0.1, 0.15) is 0 Å². The molecule has 0 spiro atoms. The van der Waals surface area contributed by atoms with Crippen molar-refractivity contribution < 1.29 is 9.59 Å². The maximum atomic E-state index is 11.7. The van der Waals surface area contributed by atoms with Crippen LogP contribution in [0.1, 0.15) is 50.2 Å². The van der Waals surface area contributed by atoms with E-state index in [9.17, 15) is 9.59 Å². The molecule has 0 radical (unpaired) electrons. The van der Waals surface area contributed by atoms with Gasteiger partial charge in [0.2, 0.25) is 11.8 Å². The lowest BCUT2D eigenvalue weighted by Gasteiger charge is -2.19. The van der Waals surface area contributed by atoms with E-state index >= 15 is 0 Å². The van der Waals surface area contributed by atoms with E-state index in [4.69, 9.17) is 0 Å². The first-order valence-electron chi connectivity index (χ1n) is 8.95. The molecule has 1 aliphatic rings. The highest BCUT2D eigenvalue weighted by Gasteiger charge is 2.09. The van der Waals surface area contributed by atoms with Crippen LogP contribution in [0, 0.1) is 0 Å². The molecule has 1 fully saturated rings. The van der Waals surface area contributed by atoms with Crippen molar-refractivity contribution >= 4 is 11.8 Å². The summed E-state index contributed by atoms with van der Waals surface area (Å²) in [5, 5.41) is 5.50. The molecule has 2 rings (SSSR count). The molecule has 24 heavy (non-hydrogen) atoms. The molecule has 1 aromatic rings. The van der Waals surface area contributed by atoms with Crippen LogP contribution in [0.2, 0.25) is 0 Å². The Bertz CT molecular complexity index is 520. The molecule has 1 saturated heterocycles. The van der Waals surface area contributed by atoms with Gasteiger partial charge >= 0.3 is 0 Å². The molecule has 5 nitrogen and oxygen atoms in total. The maximum absolute atomic E-state index is 11.7. The van der Waals surface area contributed by atoms with Gasteiger partial charge in [-0.25, -0.2) is 0 Å². The van der Waals surface area contributed by atoms with Crippen molar-refractivity contribution in [2.75, 3.05) is 19.6 Å². The third-order valence-electron chi connectivity index (χ3n) is 4.34. The largest absolute Gasteiger partial charge is 0.356 e. The van der Waals surface area contributed by atoms with Crippen LogP contribution >= 0.6 is 0 Å². The van der Waals surface area contributed by atoms with Crippen LogP contribution in [0.3, 0.4) is 0 Å². The van der Waals surface area contributed by atoms with Crippen molar-refractivity contribution in [1.29, 1.82) is 0 Å². The third kappa shape index (κ3) is 7.13. The first kappa shape index (κ1) is 18.5. The number of likely N-dealkylation sites (tertiary alicyclic amines) is 1. The predicted molar refractivity (Wildman–Crippen MR) is 95.3 cm³/mol. The second kappa shape index (κ2) is 10.1. The van der Waals surface area contributed by atoms with Crippen molar-refractivity contribution in [1.82, 2.24) is 15.5 Å². The number of nitrogens with zero attached hydrogens (tertiary/aromatic N) is 1. The second-order valence-corrected chi connectivity index (χ2v) is 6.52. The zero-order valence-electron chi connectivity index (χ0n) is 14.6. The van der Waals surface area contributed by atoms with Crippen LogP contribution in [0.15, 0.2) is 24.3 Å². The number of rotatable bonds is 7. The lowest BCUT2D eigenvalue weighted by Crippen LogP contribution is -2.29. The molecule has 1 heterocycles. The Labute approximate surface area is 144 Å². The standard InChI is InChI=1S/C19H29N3O2/c1-16(23)20-11-10-19(24)21-14-17-6-8-18(9-7-17)15-22-12-4-2-3-5-13-22/h6-9H,2-5,10-15H2,1H3,(H,20,23)(H,21,24). The van der Waals surface area contributed by atoms with E-state index in [1.165, 1.54) is 51.3 Å². The fourth-order valence-corrected chi connectivity index (χ4v) is 2.96. The zero-order chi connectivity index (χ0) is 17.2. The SMILES string of the molecule is CC(=O)NCCC(=O)NCc1ccc(CN2CCCCCC2)cc1. The molecule has 0 saturated carbocycles. The molecule has 2 N–H and O–H groups in total. The van der Waals surface area contributed by atoms with E-state index in [1.807, 2.05) is 0 Å². The molecular weight excluding hydrogens is 302 g/mol. The summed E-state index contributed by atoms with van der Waals surface area (Å²) in [5.41, 5.74) is 2.43. The summed E-state index contributed by atoms with van der Waals surface area (Å²) in [7, 11) is 0. The second-order valence-electron chi connectivity index (χ2n) is 6.52. The van der Waals surface area contributed by atoms with Gasteiger partial charge in [-0.05, 0) is 37.1 Å². The van der Waals surface area contributed by atoms with Gasteiger partial charge in [0.05, 0.1) is 0 Å². The number of carbonyl (C=O) groups is 2. The van der Waals surface area contributed by atoms with Crippen molar-refractivity contribution in [3.8, 4) is 0 Å². The predicted octanol–water partition coefficient (Wildman–Crippen LogP) is 2.20. The summed E-state index contributed by atoms with van der Waals surface area (Å²) < 4.78 is 0. The van der Waals surface area contributed by atoms with Gasteiger partial charge in [0.25, 0.3) is 0 Å². The summed E-state index contributed by atoms with van der Waals surface area (Å²) in [5.74, 6) is -0.153. The van der Waals surface area contributed by atoms with Crippen molar-refractivity contribution in [2.45, 2.75) is 52.1 Å². The lowest BCUT2D eigenvalue weighted by molar-refractivity contribution is -0.121. The molecule has 1 aliphatic heterocycles. The van der Waals surface area contributed by atoms with Gasteiger partial charge in [0, 0.05) is 33.0 Å². The highest BCUT2D eigenvalue weighted by molar-refractivity contribution is 5.77. The summed E-state index contributed by atoms with van der Waals surface area (Å²) in [4.78, 5) is 25.0. The van der Waals surface area contributed by atoms with Gasteiger partial charge in [-0.2, -0.15) is 0 Å². The maximum Gasteiger partial charge on any atom is 0.222 e. The average Bonchev–Trinajstić information content (AvgIpc) is 2.82. The summed E-state index contributed by atoms with van der Waals surface area (Å²) in [6, 6.07) is 8.48. The molecular formula is C19H29N3O2. The Morgan fingerprint density at radius 2 is 1.58 bits per heavy atom. The first-order valence-corrected chi connectivity index (χ1v) is 8.95. The van der Waals surface area contributed by atoms with Crippen LogP contribution in [-0.4, -0.2) is 36.3 Å². The van der Waals surface area contributed by atoms with Crippen LogP contribution in [0.25, 0.3) is 0 Å². The number of carbonyl (C=O) groups excluding carboxylic acids is 2. The van der Waals surface area contributed by atoms with Gasteiger partial charge in [-0.15, -0.1) is 0 Å². The Kier molecular flexibility index (Phi) is 7.75. The van der Waals surface area contributed by atoms with Crippen LogP contribution < -0.4 is 10.6 Å². The fourth-order valence-electron chi connectivity index (χ4n) is 2.96. The lowest BCUT2D eigenvalue weighted by atomic mass is 10.1. The summed E-state index contributed by atoms with van der Waals surface area (Å²) in [6.45, 7) is 5.78. The molecule has 0 aromatic heterocycles. The summed E-state index contributed by atoms with van der Waals surface area (Å²) >= 11 is 0. The number of nitrogens with one attached hydrogen (secondary N) is 2. The zero-order valence-corrected chi connectivity index (χ0v) is 14.6. The number of hydrogen-bond donors (Lipinski definition) is 2. The Balaban J connectivity index is 1.71. The topological polar surface area (TPSA) is 61.4 Å². The van der Waals surface area contributed by atoms with Crippen molar-refractivity contribution in [3.63, 3.8) is 0 Å². The van der Waals surface area contributed by atoms with E-state index in [1.54, 1.807) is 0 Å². The first-order chi connectivity index (χ1) is 11.6. The van der Waals surface area contributed by atoms with E-state index in [0.717, 1.165) is 12.1 Å². The quantitative estimate of drug-likeness (QED) is 0.805. The van der Waals surface area contributed by atoms with Gasteiger partial charge in [-0.3, -0.25) is 14.5 Å². The number of hydrogen-bond acceptors (Lipinski definition) is 3. The van der Waals surface area contributed by atoms with E-state index in [-0.39, 0.29) is 11.8 Å². The highest BCUT2D eigenvalue weighted by atomic mass is 16.2. The highest BCUT2D eigenvalue weighted by Crippen LogP contribution is 2.13. The van der Waals surface area contributed by atoms with E-state index < -0.39 is 0 Å². The fraction of sp³-hybridized carbons (Fsp3) is 0.579. The normalized spacial score (nSPS) is 15.5. The Morgan fingerprint density at radius 1 is 0.958 bits per heavy atom. The smallest absolute Gasteiger partial charge is 0.222 e. The molecule has 0 atom stereocenters. The Hall–Kier alpha value is -1.88. The molecule has 0 bridgehead atoms. The number of amides is 2. The van der Waals surface area contributed by atoms with Crippen LogP contribution in [-0.2, 0) is 22.7 Å². The summed E-state index contributed by atoms with van der Waals surface area (Å²) in [6.07, 6.45) is 5.64. The average molecular weight is 331 g/mol. The van der Waals surface area contributed by atoms with Crippen LogP contribution in [0.4, 0.5) is 0 Å². The third-order valence-corrected chi connectivity index (χ3v) is 4.34. The van der Waals surface area contributed by atoms with Gasteiger partial charge in [-0.1, -0.05) is 37.1 Å². The minimum Gasteiger partial charge on any atom is -0.356 e.